The lowest BCUT2D eigenvalue weighted by atomic mass is 9.75. The van der Waals surface area contributed by atoms with Crippen LogP contribution >= 0.6 is 0 Å². The molecular weight excluding hydrogens is 272 g/mol. The lowest BCUT2D eigenvalue weighted by molar-refractivity contribution is 0.00258. The van der Waals surface area contributed by atoms with Crippen LogP contribution in [0.25, 0.3) is 0 Å². The Hall–Kier alpha value is -1.35. The number of piperidine rings is 3. The van der Waals surface area contributed by atoms with Crippen molar-refractivity contribution >= 4 is 5.91 Å². The summed E-state index contributed by atoms with van der Waals surface area (Å²) in [6, 6.07) is -6.63. The van der Waals surface area contributed by atoms with Gasteiger partial charge in [0.1, 0.15) is 0 Å². The molecule has 3 nitrogen and oxygen atoms in total. The van der Waals surface area contributed by atoms with E-state index in [0.717, 1.165) is 0 Å². The zero-order valence-electron chi connectivity index (χ0n) is 29.4. The third-order valence-electron chi connectivity index (χ3n) is 4.08. The number of amides is 1. The summed E-state index contributed by atoms with van der Waals surface area (Å²) in [6.45, 7) is -8.44. The predicted molar refractivity (Wildman–Crippen MR) is 86.1 cm³/mol. The van der Waals surface area contributed by atoms with Crippen LogP contribution < -0.4 is 0 Å². The number of carbonyl (C=O) groups excluding carboxylic acids is 1. The Bertz CT molecular complexity index is 1380. The van der Waals surface area contributed by atoms with Crippen LogP contribution in [-0.4, -0.2) is 47.8 Å². The SMILES string of the molecule is [2H]c1c([2H])c2c3c(c1[2H])C([2H])([2H])C([2H])([2H])C([2H])([2H])[C@]3([2H])CN([C@]1([2H])C([2H])([2H])N3CC[C@]1([2H])C([2H])([2H])C3([2H])[2H])C2=O. The first-order valence-corrected chi connectivity index (χ1v) is 6.94. The molecule has 1 aromatic rings. The summed E-state index contributed by atoms with van der Waals surface area (Å²) < 4.78 is 154. The van der Waals surface area contributed by atoms with Crippen LogP contribution in [0, 0.1) is 5.89 Å². The maximum absolute atomic E-state index is 14.1. The molecule has 0 N–H and O–H groups in total. The highest BCUT2D eigenvalue weighted by atomic mass is 16.2. The first-order chi connectivity index (χ1) is 17.7. The smallest absolute Gasteiger partial charge is 0.254 e. The average Bonchev–Trinajstić information content (AvgIpc) is 2.80. The van der Waals surface area contributed by atoms with Gasteiger partial charge in [-0.15, -0.1) is 0 Å². The molecule has 4 atom stereocenters. The summed E-state index contributed by atoms with van der Waals surface area (Å²) in [5, 5.41) is 0. The highest BCUT2D eigenvalue weighted by Gasteiger charge is 2.43. The van der Waals surface area contributed by atoms with E-state index in [-0.39, 0.29) is 4.90 Å². The number of hydrogen-bond acceptors (Lipinski definition) is 2. The summed E-state index contributed by atoms with van der Waals surface area (Å²) >= 11 is 0. The van der Waals surface area contributed by atoms with Crippen LogP contribution in [0.3, 0.4) is 0 Å². The molecule has 1 amide bonds. The van der Waals surface area contributed by atoms with Gasteiger partial charge < -0.3 is 9.80 Å². The molecule has 1 aliphatic carbocycles. The van der Waals surface area contributed by atoms with Crippen molar-refractivity contribution in [3.63, 3.8) is 0 Å². The summed E-state index contributed by atoms with van der Waals surface area (Å²) in [6.07, 6.45) is -14.6. The van der Waals surface area contributed by atoms with Crippen molar-refractivity contribution in [3.8, 4) is 0 Å². The van der Waals surface area contributed by atoms with Crippen molar-refractivity contribution in [2.24, 2.45) is 5.89 Å². The third kappa shape index (κ3) is 1.81. The molecule has 1 unspecified atom stereocenters. The molecule has 3 fully saturated rings. The standard InChI is InChI=1S/C19H24N2O/c22-19-16-6-2-4-14-3-1-5-15(18(14)16)11-21(19)17-12-20-9-7-13(17)8-10-20/h2,4,6,13,15,17H,1,3,5,7-12H2/t15-,17-/m1/s1/i1D2,2D,3D2,4D,5D2,6D,7D2,9D2,12D2,13D,15D,17D/t13-,15+,17+/m0. The molecule has 4 heterocycles. The van der Waals surface area contributed by atoms with Gasteiger partial charge in [-0.05, 0) is 68.0 Å². The van der Waals surface area contributed by atoms with Gasteiger partial charge in [0.25, 0.3) is 5.91 Å². The fourth-order valence-electron chi connectivity index (χ4n) is 3.01. The Morgan fingerprint density at radius 2 is 2.32 bits per heavy atom. The van der Waals surface area contributed by atoms with E-state index in [0.29, 0.717) is 4.90 Å². The highest BCUT2D eigenvalue weighted by Crippen LogP contribution is 2.41. The van der Waals surface area contributed by atoms with E-state index in [4.69, 9.17) is 21.9 Å². The summed E-state index contributed by atoms with van der Waals surface area (Å²) in [7, 11) is 0. The Labute approximate surface area is 157 Å². The van der Waals surface area contributed by atoms with Crippen molar-refractivity contribution in [1.29, 1.82) is 0 Å². The lowest BCUT2D eigenvalue weighted by Gasteiger charge is -2.51. The van der Waals surface area contributed by atoms with Gasteiger partial charge in [0.15, 0.2) is 0 Å². The van der Waals surface area contributed by atoms with E-state index in [9.17, 15) is 7.54 Å². The summed E-state index contributed by atoms with van der Waals surface area (Å²) in [4.78, 5) is 14.6. The Balaban J connectivity index is 1.91. The van der Waals surface area contributed by atoms with Crippen molar-refractivity contribution in [1.82, 2.24) is 9.80 Å². The van der Waals surface area contributed by atoms with E-state index in [1.54, 1.807) is 0 Å². The van der Waals surface area contributed by atoms with Gasteiger partial charge in [0.05, 0.1) is 5.48 Å². The molecule has 3 saturated heterocycles. The van der Waals surface area contributed by atoms with Crippen molar-refractivity contribution in [2.75, 3.05) is 26.1 Å². The minimum absolute atomic E-state index is 0.147. The number of hydrogen-bond donors (Lipinski definition) is 0. The molecule has 0 spiro atoms. The Morgan fingerprint density at radius 3 is 3.27 bits per heavy atom. The molecule has 0 aromatic heterocycles. The topological polar surface area (TPSA) is 23.6 Å². The van der Waals surface area contributed by atoms with E-state index >= 15 is 0 Å². The molecule has 0 radical (unpaired) electrons. The van der Waals surface area contributed by atoms with Crippen LogP contribution in [0.4, 0.5) is 0 Å². The molecule has 116 valence electrons. The number of rotatable bonds is 1. The summed E-state index contributed by atoms with van der Waals surface area (Å²) in [5.41, 5.74) is -2.95. The van der Waals surface area contributed by atoms with Crippen LogP contribution in [0.1, 0.15) is 77.6 Å². The quantitative estimate of drug-likeness (QED) is 0.795. The number of benzene rings is 1. The van der Waals surface area contributed by atoms with Gasteiger partial charge in [0.2, 0.25) is 0 Å². The van der Waals surface area contributed by atoms with Gasteiger partial charge in [-0.1, -0.05) is 12.1 Å². The predicted octanol–water partition coefficient (Wildman–Crippen LogP) is 2.66. The highest BCUT2D eigenvalue weighted by molar-refractivity contribution is 5.97. The maximum atomic E-state index is 14.1. The molecule has 5 aliphatic rings. The van der Waals surface area contributed by atoms with Crippen LogP contribution in [0.15, 0.2) is 18.1 Å². The zero-order chi connectivity index (χ0) is 30.8. The number of fused-ring (bicyclic) bond motifs is 3. The van der Waals surface area contributed by atoms with Crippen LogP contribution in [0.2, 0.25) is 0 Å². The normalized spacial score (nSPS) is 72.1. The molecular formula is C19H24N2O. The molecule has 1 aromatic carbocycles. The van der Waals surface area contributed by atoms with Crippen molar-refractivity contribution < 1.29 is 29.5 Å². The molecule has 22 heavy (non-hydrogen) atoms. The van der Waals surface area contributed by atoms with Crippen LogP contribution in [0.5, 0.6) is 0 Å². The van der Waals surface area contributed by atoms with E-state index in [1.165, 1.54) is 0 Å². The average molecular weight is 315 g/mol. The van der Waals surface area contributed by atoms with E-state index < -0.39 is 117 Å². The lowest BCUT2D eigenvalue weighted by Crippen LogP contribution is -2.60. The summed E-state index contributed by atoms with van der Waals surface area (Å²) in [5.74, 6) is -7.75. The second kappa shape index (κ2) is 4.82. The Kier molecular flexibility index (Phi) is 0.961. The second-order valence-corrected chi connectivity index (χ2v) is 5.32. The number of carbonyl (C=O) groups is 1. The first-order valence-electron chi connectivity index (χ1n) is 15.9. The third-order valence-corrected chi connectivity index (χ3v) is 4.08. The van der Waals surface area contributed by atoms with E-state index in [2.05, 4.69) is 0 Å². The number of nitrogens with zero attached hydrogens (tertiary/aromatic N) is 2. The van der Waals surface area contributed by atoms with Gasteiger partial charge >= 0.3 is 0 Å². The minimum Gasteiger partial charge on any atom is -0.333 e. The molecule has 3 heteroatoms. The zero-order valence-corrected chi connectivity index (χ0v) is 11.4. The van der Waals surface area contributed by atoms with E-state index in [1.807, 2.05) is 0 Å². The van der Waals surface area contributed by atoms with Gasteiger partial charge in [-0.3, -0.25) is 4.79 Å². The monoisotopic (exact) mass is 314 g/mol. The molecule has 4 aliphatic heterocycles. The van der Waals surface area contributed by atoms with Gasteiger partial charge in [-0.25, -0.2) is 0 Å². The second-order valence-electron chi connectivity index (χ2n) is 5.32. The van der Waals surface area contributed by atoms with Crippen molar-refractivity contribution in [3.05, 3.63) is 34.8 Å². The molecule has 6 rings (SSSR count). The fourth-order valence-corrected chi connectivity index (χ4v) is 3.01. The molecule has 0 saturated carbocycles. The first kappa shape index (κ1) is 4.38. The van der Waals surface area contributed by atoms with Gasteiger partial charge in [-0.2, -0.15) is 0 Å². The minimum atomic E-state index is -3.61. The van der Waals surface area contributed by atoms with Gasteiger partial charge in [0, 0.05) is 49.7 Å². The molecule has 2 bridgehead atoms. The largest absolute Gasteiger partial charge is 0.333 e. The van der Waals surface area contributed by atoms with Crippen LogP contribution in [-0.2, 0) is 6.37 Å². The Morgan fingerprint density at radius 1 is 1.36 bits per heavy atom. The van der Waals surface area contributed by atoms with Crippen molar-refractivity contribution in [2.45, 2.75) is 43.8 Å². The maximum Gasteiger partial charge on any atom is 0.254 e. The fraction of sp³-hybridized carbons (Fsp3) is 0.632.